The van der Waals surface area contributed by atoms with Crippen LogP contribution in [0.3, 0.4) is 0 Å². The van der Waals surface area contributed by atoms with Gasteiger partial charge in [0.05, 0.1) is 0 Å². The van der Waals surface area contributed by atoms with E-state index in [0.29, 0.717) is 5.41 Å². The van der Waals surface area contributed by atoms with Crippen molar-refractivity contribution >= 4 is 24.4 Å². The second-order valence-electron chi connectivity index (χ2n) is 4.02. The number of aromatic nitrogens is 3. The summed E-state index contributed by atoms with van der Waals surface area (Å²) in [6.07, 6.45) is 5.75. The van der Waals surface area contributed by atoms with Crippen LogP contribution < -0.4 is 0 Å². The molecule has 0 aliphatic heterocycles. The van der Waals surface area contributed by atoms with Gasteiger partial charge in [0.1, 0.15) is 6.33 Å². The van der Waals surface area contributed by atoms with E-state index in [9.17, 15) is 0 Å². The van der Waals surface area contributed by atoms with Crippen molar-refractivity contribution in [2.45, 2.75) is 24.4 Å². The quantitative estimate of drug-likeness (QED) is 0.633. The topological polar surface area (TPSA) is 30.7 Å². The van der Waals surface area contributed by atoms with Gasteiger partial charge >= 0.3 is 0 Å². The number of rotatable bonds is 4. The first-order chi connectivity index (χ1) is 6.76. The summed E-state index contributed by atoms with van der Waals surface area (Å²) in [5, 5.41) is 8.94. The lowest BCUT2D eigenvalue weighted by atomic mass is 9.72. The zero-order valence-electron chi connectivity index (χ0n) is 8.31. The Bertz CT molecular complexity index is 301. The van der Waals surface area contributed by atoms with Crippen LogP contribution in [-0.2, 0) is 7.05 Å². The molecule has 3 nitrogen and oxygen atoms in total. The van der Waals surface area contributed by atoms with Crippen LogP contribution in [0.2, 0.25) is 0 Å². The van der Waals surface area contributed by atoms with Gasteiger partial charge in [-0.15, -0.1) is 10.2 Å². The fraction of sp³-hybridized carbons (Fsp3) is 0.778. The maximum Gasteiger partial charge on any atom is 0.190 e. The van der Waals surface area contributed by atoms with E-state index >= 15 is 0 Å². The molecular weight excluding hydrogens is 214 g/mol. The molecule has 2 rings (SSSR count). The molecule has 0 N–H and O–H groups in total. The second-order valence-corrected chi connectivity index (χ2v) is 5.28. The zero-order chi connectivity index (χ0) is 10.0. The molecule has 0 aromatic carbocycles. The van der Waals surface area contributed by atoms with Gasteiger partial charge in [0, 0.05) is 12.8 Å². The van der Waals surface area contributed by atoms with Gasteiger partial charge in [-0.05, 0) is 24.0 Å². The average molecular weight is 229 g/mol. The molecule has 5 heteroatoms. The zero-order valence-corrected chi connectivity index (χ0v) is 10.0. The molecule has 1 saturated carbocycles. The van der Waals surface area contributed by atoms with Crippen LogP contribution in [0.25, 0.3) is 0 Å². The van der Waals surface area contributed by atoms with Gasteiger partial charge in [-0.25, -0.2) is 0 Å². The normalized spacial score (nSPS) is 19.3. The fourth-order valence-electron chi connectivity index (χ4n) is 1.65. The summed E-state index contributed by atoms with van der Waals surface area (Å²) in [5.41, 5.74) is 0.472. The minimum absolute atomic E-state index is 0.472. The fourth-order valence-corrected chi connectivity index (χ4v) is 3.41. The van der Waals surface area contributed by atoms with E-state index in [1.54, 1.807) is 18.1 Å². The molecular formula is C9H15N3S2. The summed E-state index contributed by atoms with van der Waals surface area (Å²) in [7, 11) is 1.98. The Morgan fingerprint density at radius 2 is 2.43 bits per heavy atom. The lowest BCUT2D eigenvalue weighted by Gasteiger charge is -2.40. The van der Waals surface area contributed by atoms with Gasteiger partial charge in [0.25, 0.3) is 0 Å². The monoisotopic (exact) mass is 229 g/mol. The van der Waals surface area contributed by atoms with Crippen molar-refractivity contribution in [3.8, 4) is 0 Å². The van der Waals surface area contributed by atoms with Gasteiger partial charge in [-0.1, -0.05) is 18.2 Å². The number of aryl methyl sites for hydroxylation is 1. The van der Waals surface area contributed by atoms with E-state index in [4.69, 9.17) is 0 Å². The van der Waals surface area contributed by atoms with Gasteiger partial charge in [-0.2, -0.15) is 12.6 Å². The van der Waals surface area contributed by atoms with Crippen LogP contribution in [0, 0.1) is 5.41 Å². The van der Waals surface area contributed by atoms with E-state index in [2.05, 4.69) is 22.8 Å². The molecule has 1 fully saturated rings. The SMILES string of the molecule is Cn1cnnc1SCC1(CS)CCC1. The minimum Gasteiger partial charge on any atom is -0.312 e. The van der Waals surface area contributed by atoms with Gasteiger partial charge in [0.2, 0.25) is 0 Å². The molecule has 0 unspecified atom stereocenters. The van der Waals surface area contributed by atoms with Crippen molar-refractivity contribution in [1.82, 2.24) is 14.8 Å². The number of hydrogen-bond donors (Lipinski definition) is 1. The van der Waals surface area contributed by atoms with Crippen molar-refractivity contribution in [2.24, 2.45) is 12.5 Å². The molecule has 0 atom stereocenters. The maximum absolute atomic E-state index is 4.43. The molecule has 1 aromatic heterocycles. The highest BCUT2D eigenvalue weighted by atomic mass is 32.2. The average Bonchev–Trinajstić information content (AvgIpc) is 2.51. The van der Waals surface area contributed by atoms with E-state index in [0.717, 1.165) is 16.7 Å². The number of hydrogen-bond acceptors (Lipinski definition) is 4. The predicted octanol–water partition coefficient (Wildman–Crippen LogP) is 2.01. The molecule has 0 bridgehead atoms. The van der Waals surface area contributed by atoms with Crippen LogP contribution in [0.1, 0.15) is 19.3 Å². The van der Waals surface area contributed by atoms with Crippen LogP contribution in [-0.4, -0.2) is 26.3 Å². The summed E-state index contributed by atoms with van der Waals surface area (Å²) in [4.78, 5) is 0. The molecule has 0 spiro atoms. The van der Waals surface area contributed by atoms with Crippen LogP contribution in [0.5, 0.6) is 0 Å². The Labute approximate surface area is 94.1 Å². The summed E-state index contributed by atoms with van der Waals surface area (Å²) >= 11 is 6.24. The molecule has 0 saturated heterocycles. The molecule has 0 amide bonds. The summed E-state index contributed by atoms with van der Waals surface area (Å²) in [6.45, 7) is 0. The summed E-state index contributed by atoms with van der Waals surface area (Å²) < 4.78 is 1.97. The molecule has 78 valence electrons. The van der Waals surface area contributed by atoms with Crippen LogP contribution >= 0.6 is 24.4 Å². The van der Waals surface area contributed by atoms with Crippen molar-refractivity contribution in [2.75, 3.05) is 11.5 Å². The smallest absolute Gasteiger partial charge is 0.190 e. The van der Waals surface area contributed by atoms with Gasteiger partial charge in [-0.3, -0.25) is 0 Å². The van der Waals surface area contributed by atoms with Crippen molar-refractivity contribution in [3.05, 3.63) is 6.33 Å². The van der Waals surface area contributed by atoms with E-state index in [-0.39, 0.29) is 0 Å². The highest BCUT2D eigenvalue weighted by Crippen LogP contribution is 2.45. The molecule has 1 heterocycles. The third-order valence-corrected chi connectivity index (χ3v) is 4.98. The van der Waals surface area contributed by atoms with Crippen molar-refractivity contribution in [3.63, 3.8) is 0 Å². The first-order valence-electron chi connectivity index (χ1n) is 4.83. The van der Waals surface area contributed by atoms with Gasteiger partial charge < -0.3 is 4.57 Å². The highest BCUT2D eigenvalue weighted by Gasteiger charge is 2.35. The maximum atomic E-state index is 4.43. The van der Waals surface area contributed by atoms with Crippen LogP contribution in [0.15, 0.2) is 11.5 Å². The van der Waals surface area contributed by atoms with Crippen molar-refractivity contribution in [1.29, 1.82) is 0 Å². The van der Waals surface area contributed by atoms with E-state index < -0.39 is 0 Å². The Balaban J connectivity index is 1.90. The Morgan fingerprint density at radius 3 is 2.86 bits per heavy atom. The second kappa shape index (κ2) is 4.14. The predicted molar refractivity (Wildman–Crippen MR) is 61.9 cm³/mol. The molecule has 1 aromatic rings. The largest absolute Gasteiger partial charge is 0.312 e. The van der Waals surface area contributed by atoms with Crippen LogP contribution in [0.4, 0.5) is 0 Å². The molecule has 0 radical (unpaired) electrons. The standard InChI is InChI=1S/C9H15N3S2/c1-12-7-10-11-8(12)14-6-9(5-13)3-2-4-9/h7,13H,2-6H2,1H3. The van der Waals surface area contributed by atoms with E-state index in [1.807, 2.05) is 11.6 Å². The third-order valence-electron chi connectivity index (χ3n) is 2.93. The lowest BCUT2D eigenvalue weighted by Crippen LogP contribution is -2.33. The summed E-state index contributed by atoms with van der Waals surface area (Å²) in [6, 6.07) is 0. The third kappa shape index (κ3) is 1.93. The number of thiol groups is 1. The van der Waals surface area contributed by atoms with Gasteiger partial charge in [0.15, 0.2) is 5.16 Å². The first-order valence-corrected chi connectivity index (χ1v) is 6.45. The number of nitrogens with zero attached hydrogens (tertiary/aromatic N) is 3. The number of thioether (sulfide) groups is 1. The molecule has 14 heavy (non-hydrogen) atoms. The lowest BCUT2D eigenvalue weighted by molar-refractivity contribution is 0.205. The minimum atomic E-state index is 0.472. The first kappa shape index (κ1) is 10.4. The molecule has 1 aliphatic carbocycles. The molecule has 1 aliphatic rings. The van der Waals surface area contributed by atoms with Crippen molar-refractivity contribution < 1.29 is 0 Å². The Kier molecular flexibility index (Phi) is 3.07. The Morgan fingerprint density at radius 1 is 1.64 bits per heavy atom. The summed E-state index contributed by atoms with van der Waals surface area (Å²) in [5.74, 6) is 2.13. The van der Waals surface area contributed by atoms with E-state index in [1.165, 1.54) is 19.3 Å². The highest BCUT2D eigenvalue weighted by molar-refractivity contribution is 7.99. The Hall–Kier alpha value is -0.160.